The topological polar surface area (TPSA) is 26.0 Å². The van der Waals surface area contributed by atoms with Crippen LogP contribution in [0.5, 0.6) is 0 Å². The fraction of sp³-hybridized carbons (Fsp3) is 1.00. The van der Waals surface area contributed by atoms with Crippen molar-refractivity contribution in [3.8, 4) is 0 Å². The van der Waals surface area contributed by atoms with Crippen molar-refractivity contribution in [2.24, 2.45) is 5.73 Å². The highest BCUT2D eigenvalue weighted by Crippen LogP contribution is 2.39. The molecule has 0 aromatic carbocycles. The van der Waals surface area contributed by atoms with E-state index < -0.39 is 0 Å². The molecule has 0 radical (unpaired) electrons. The summed E-state index contributed by atoms with van der Waals surface area (Å²) in [7, 11) is 4.05. The molecule has 1 heterocycles. The predicted octanol–water partition coefficient (Wildman–Crippen LogP) is 1.88. The third-order valence-electron chi connectivity index (χ3n) is 1.46. The van der Waals surface area contributed by atoms with Crippen LogP contribution in [0.2, 0.25) is 0 Å². The van der Waals surface area contributed by atoms with Gasteiger partial charge in [-0.1, -0.05) is 21.6 Å². The normalized spacial score (nSPS) is 27.0. The second-order valence-electron chi connectivity index (χ2n) is 2.26. The van der Waals surface area contributed by atoms with E-state index in [2.05, 4.69) is 0 Å². The molecule has 0 aromatic rings. The van der Waals surface area contributed by atoms with E-state index in [-0.39, 0.29) is 0 Å². The summed E-state index contributed by atoms with van der Waals surface area (Å²) in [4.78, 5) is 0. The maximum absolute atomic E-state index is 5.39. The van der Waals surface area contributed by atoms with Gasteiger partial charge in [0.1, 0.15) is 0 Å². The van der Waals surface area contributed by atoms with Crippen molar-refractivity contribution in [1.29, 1.82) is 0 Å². The zero-order chi connectivity index (χ0) is 6.53. The Kier molecular flexibility index (Phi) is 3.86. The van der Waals surface area contributed by atoms with Gasteiger partial charge in [-0.05, 0) is 25.8 Å². The van der Waals surface area contributed by atoms with Crippen LogP contribution in [0.3, 0.4) is 0 Å². The monoisotopic (exact) mass is 163 g/mol. The van der Waals surface area contributed by atoms with Crippen molar-refractivity contribution in [2.45, 2.75) is 24.5 Å². The molecule has 1 saturated heterocycles. The van der Waals surface area contributed by atoms with Crippen molar-refractivity contribution in [3.05, 3.63) is 0 Å². The molecule has 1 aliphatic heterocycles. The lowest BCUT2D eigenvalue weighted by atomic mass is 10.2. The minimum atomic E-state index is 0.863. The molecule has 1 fully saturated rings. The smallest absolute Gasteiger partial charge is 0.0160 e. The maximum atomic E-state index is 5.39. The number of hydrogen-bond donors (Lipinski definition) is 1. The van der Waals surface area contributed by atoms with Crippen molar-refractivity contribution < 1.29 is 0 Å². The fourth-order valence-corrected chi connectivity index (χ4v) is 3.94. The molecule has 9 heavy (non-hydrogen) atoms. The third-order valence-corrected chi connectivity index (χ3v) is 4.46. The molecule has 3 heteroatoms. The van der Waals surface area contributed by atoms with Crippen molar-refractivity contribution in [1.82, 2.24) is 0 Å². The second kappa shape index (κ2) is 4.47. The van der Waals surface area contributed by atoms with Gasteiger partial charge in [-0.2, -0.15) is 0 Å². The molecule has 1 unspecified atom stereocenters. The Hall–Kier alpha value is 0.660. The molecule has 54 valence electrons. The maximum Gasteiger partial charge on any atom is 0.0160 e. The van der Waals surface area contributed by atoms with E-state index in [4.69, 9.17) is 5.73 Å². The summed E-state index contributed by atoms with van der Waals surface area (Å²) in [5.41, 5.74) is 5.39. The van der Waals surface area contributed by atoms with Gasteiger partial charge in [-0.15, -0.1) is 0 Å². The fourth-order valence-electron chi connectivity index (χ4n) is 0.910. The van der Waals surface area contributed by atoms with E-state index in [1.165, 1.54) is 25.0 Å². The minimum Gasteiger partial charge on any atom is -0.330 e. The molecule has 1 aliphatic rings. The van der Waals surface area contributed by atoms with Crippen LogP contribution in [-0.2, 0) is 0 Å². The second-order valence-corrected chi connectivity index (χ2v) is 5.05. The average Bonchev–Trinajstić information content (AvgIpc) is 2.34. The Bertz CT molecular complexity index is 71.5. The van der Waals surface area contributed by atoms with Crippen LogP contribution in [0.15, 0.2) is 0 Å². The molecule has 2 N–H and O–H groups in total. The summed E-state index contributed by atoms with van der Waals surface area (Å²) < 4.78 is 0. The number of nitrogens with two attached hydrogens (primary N) is 1. The van der Waals surface area contributed by atoms with Crippen molar-refractivity contribution in [3.63, 3.8) is 0 Å². The molecule has 1 rings (SSSR count). The molecule has 0 saturated carbocycles. The third kappa shape index (κ3) is 2.83. The number of hydrogen-bond acceptors (Lipinski definition) is 3. The van der Waals surface area contributed by atoms with Crippen molar-refractivity contribution in [2.75, 3.05) is 12.3 Å². The van der Waals surface area contributed by atoms with Gasteiger partial charge in [-0.25, -0.2) is 0 Å². The molecule has 0 aliphatic carbocycles. The van der Waals surface area contributed by atoms with Gasteiger partial charge in [-0.3, -0.25) is 0 Å². The van der Waals surface area contributed by atoms with Crippen LogP contribution in [0.1, 0.15) is 19.3 Å². The van der Waals surface area contributed by atoms with Gasteiger partial charge < -0.3 is 5.73 Å². The molecule has 1 atom stereocenters. The van der Waals surface area contributed by atoms with E-state index in [0.717, 1.165) is 11.8 Å². The molecule has 0 bridgehead atoms. The Balaban J connectivity index is 1.98. The highest BCUT2D eigenvalue weighted by molar-refractivity contribution is 8.77. The SMILES string of the molecule is NCCCC1CCSS1. The summed E-state index contributed by atoms with van der Waals surface area (Å²) in [6.07, 6.45) is 3.93. The van der Waals surface area contributed by atoms with Gasteiger partial charge in [0.05, 0.1) is 0 Å². The first-order chi connectivity index (χ1) is 4.43. The Morgan fingerprint density at radius 2 is 2.44 bits per heavy atom. The summed E-state index contributed by atoms with van der Waals surface area (Å²) in [5, 5.41) is 0.915. The average molecular weight is 163 g/mol. The van der Waals surface area contributed by atoms with Crippen LogP contribution in [-0.4, -0.2) is 17.5 Å². The van der Waals surface area contributed by atoms with Crippen LogP contribution >= 0.6 is 21.6 Å². The standard InChI is InChI=1S/C6H13NS2/c7-4-1-2-6-3-5-8-9-6/h6H,1-5,7H2. The summed E-state index contributed by atoms with van der Waals surface area (Å²) in [5.74, 6) is 1.35. The van der Waals surface area contributed by atoms with Gasteiger partial charge in [0.25, 0.3) is 0 Å². The quantitative estimate of drug-likeness (QED) is 0.643. The van der Waals surface area contributed by atoms with E-state index >= 15 is 0 Å². The largest absolute Gasteiger partial charge is 0.330 e. The Labute approximate surface area is 64.5 Å². The molecular formula is C6H13NS2. The van der Waals surface area contributed by atoms with Crippen LogP contribution in [0.25, 0.3) is 0 Å². The van der Waals surface area contributed by atoms with Crippen molar-refractivity contribution >= 4 is 21.6 Å². The first-order valence-electron chi connectivity index (χ1n) is 3.42. The molecule has 0 aromatic heterocycles. The van der Waals surface area contributed by atoms with E-state index in [1.54, 1.807) is 0 Å². The van der Waals surface area contributed by atoms with Gasteiger partial charge in [0, 0.05) is 11.0 Å². The highest BCUT2D eigenvalue weighted by Gasteiger charge is 2.14. The van der Waals surface area contributed by atoms with Crippen LogP contribution in [0, 0.1) is 0 Å². The zero-order valence-electron chi connectivity index (χ0n) is 5.51. The molecule has 1 nitrogen and oxygen atoms in total. The van der Waals surface area contributed by atoms with Gasteiger partial charge >= 0.3 is 0 Å². The Morgan fingerprint density at radius 3 is 3.00 bits per heavy atom. The predicted molar refractivity (Wildman–Crippen MR) is 46.7 cm³/mol. The minimum absolute atomic E-state index is 0.863. The van der Waals surface area contributed by atoms with Gasteiger partial charge in [0.15, 0.2) is 0 Å². The molecule has 0 amide bonds. The lowest BCUT2D eigenvalue weighted by Gasteiger charge is -2.03. The summed E-state index contributed by atoms with van der Waals surface area (Å²) >= 11 is 0. The van der Waals surface area contributed by atoms with E-state index in [0.29, 0.717) is 0 Å². The van der Waals surface area contributed by atoms with Crippen LogP contribution in [0.4, 0.5) is 0 Å². The lowest BCUT2D eigenvalue weighted by Crippen LogP contribution is -2.04. The number of rotatable bonds is 3. The summed E-state index contributed by atoms with van der Waals surface area (Å²) in [6.45, 7) is 0.863. The lowest BCUT2D eigenvalue weighted by molar-refractivity contribution is 0.700. The molecular weight excluding hydrogens is 150 g/mol. The van der Waals surface area contributed by atoms with E-state index in [1.807, 2.05) is 21.6 Å². The van der Waals surface area contributed by atoms with Gasteiger partial charge in [0.2, 0.25) is 0 Å². The molecule has 0 spiro atoms. The highest BCUT2D eigenvalue weighted by atomic mass is 33.1. The first kappa shape index (κ1) is 7.76. The summed E-state index contributed by atoms with van der Waals surface area (Å²) in [6, 6.07) is 0. The van der Waals surface area contributed by atoms with Crippen LogP contribution < -0.4 is 5.73 Å². The zero-order valence-corrected chi connectivity index (χ0v) is 7.14. The first-order valence-corrected chi connectivity index (χ1v) is 5.80. The Morgan fingerprint density at radius 1 is 1.56 bits per heavy atom. The van der Waals surface area contributed by atoms with E-state index in [9.17, 15) is 0 Å².